The van der Waals surface area contributed by atoms with Crippen LogP contribution in [0.5, 0.6) is 5.75 Å². The van der Waals surface area contributed by atoms with Crippen LogP contribution < -0.4 is 0 Å². The molecule has 0 heterocycles. The average molecular weight is 190 g/mol. The summed E-state index contributed by atoms with van der Waals surface area (Å²) in [6, 6.07) is 4.71. The molecule has 0 amide bonds. The number of benzene rings is 1. The third-order valence-corrected chi connectivity index (χ3v) is 1.72. The van der Waals surface area contributed by atoms with Gasteiger partial charge in [-0.15, -0.1) is 0 Å². The molecule has 1 N–H and O–H groups in total. The minimum absolute atomic E-state index is 0.0479. The largest absolute Gasteiger partial charge is 0.507 e. The number of allylic oxidation sites excluding steroid dienone is 1. The molecule has 0 spiro atoms. The lowest BCUT2D eigenvalue weighted by Crippen LogP contribution is -1.81. The Hall–Kier alpha value is -1.90. The summed E-state index contributed by atoms with van der Waals surface area (Å²) in [5.74, 6) is -0.0479. The van der Waals surface area contributed by atoms with Crippen LogP contribution in [0, 0.1) is 0 Å². The third kappa shape index (κ3) is 2.55. The Kier molecular flexibility index (Phi) is 3.61. The lowest BCUT2D eigenvalue weighted by atomic mass is 10.1. The number of carbonyl (C=O) groups is 2. The van der Waals surface area contributed by atoms with Crippen molar-refractivity contribution in [1.82, 2.24) is 0 Å². The number of hydrogen-bond donors (Lipinski definition) is 1. The Morgan fingerprint density at radius 1 is 1.29 bits per heavy atom. The van der Waals surface area contributed by atoms with Crippen LogP contribution in [0.25, 0.3) is 6.08 Å². The monoisotopic (exact) mass is 190 g/mol. The van der Waals surface area contributed by atoms with Crippen LogP contribution in [0.2, 0.25) is 0 Å². The smallest absolute Gasteiger partial charge is 0.153 e. The molecule has 0 fully saturated rings. The number of rotatable bonds is 4. The van der Waals surface area contributed by atoms with E-state index in [0.29, 0.717) is 12.7 Å². The summed E-state index contributed by atoms with van der Waals surface area (Å²) in [6.07, 6.45) is 5.12. The second-order valence-electron chi connectivity index (χ2n) is 2.74. The SMILES string of the molecule is O=CCC=Cc1ccc(C=O)c(O)c1. The number of aldehydes is 2. The minimum atomic E-state index is -0.0479. The molecule has 0 aromatic heterocycles. The second-order valence-corrected chi connectivity index (χ2v) is 2.74. The van der Waals surface area contributed by atoms with Crippen molar-refractivity contribution in [3.05, 3.63) is 35.4 Å². The number of phenolic OH excluding ortho intramolecular Hbond substituents is 1. The summed E-state index contributed by atoms with van der Waals surface area (Å²) in [7, 11) is 0. The summed E-state index contributed by atoms with van der Waals surface area (Å²) >= 11 is 0. The molecule has 0 unspecified atom stereocenters. The van der Waals surface area contributed by atoms with Gasteiger partial charge in [-0.05, 0) is 17.7 Å². The second kappa shape index (κ2) is 4.97. The molecule has 1 aromatic rings. The van der Waals surface area contributed by atoms with Crippen LogP contribution in [0.1, 0.15) is 22.3 Å². The zero-order chi connectivity index (χ0) is 10.4. The van der Waals surface area contributed by atoms with E-state index in [4.69, 9.17) is 0 Å². The molecule has 0 aliphatic heterocycles. The maximum Gasteiger partial charge on any atom is 0.153 e. The van der Waals surface area contributed by atoms with Crippen LogP contribution >= 0.6 is 0 Å². The molecule has 3 heteroatoms. The summed E-state index contributed by atoms with van der Waals surface area (Å²) in [4.78, 5) is 20.4. The van der Waals surface area contributed by atoms with Gasteiger partial charge in [0.05, 0.1) is 5.56 Å². The van der Waals surface area contributed by atoms with Crippen LogP contribution in [-0.4, -0.2) is 17.7 Å². The number of phenols is 1. The van der Waals surface area contributed by atoms with Gasteiger partial charge in [0, 0.05) is 6.42 Å². The minimum Gasteiger partial charge on any atom is -0.507 e. The van der Waals surface area contributed by atoms with Gasteiger partial charge in [0.15, 0.2) is 6.29 Å². The number of aromatic hydroxyl groups is 1. The third-order valence-electron chi connectivity index (χ3n) is 1.72. The maximum atomic E-state index is 10.4. The van der Waals surface area contributed by atoms with E-state index in [9.17, 15) is 14.7 Å². The van der Waals surface area contributed by atoms with Gasteiger partial charge in [0.25, 0.3) is 0 Å². The molecule has 3 nitrogen and oxygen atoms in total. The number of carbonyl (C=O) groups excluding carboxylic acids is 2. The zero-order valence-corrected chi connectivity index (χ0v) is 7.51. The predicted octanol–water partition coefficient (Wildman–Crippen LogP) is 1.81. The van der Waals surface area contributed by atoms with Crippen molar-refractivity contribution >= 4 is 18.6 Å². The zero-order valence-electron chi connectivity index (χ0n) is 7.51. The van der Waals surface area contributed by atoms with Gasteiger partial charge in [-0.1, -0.05) is 18.2 Å². The lowest BCUT2D eigenvalue weighted by molar-refractivity contribution is -0.107. The van der Waals surface area contributed by atoms with Gasteiger partial charge >= 0.3 is 0 Å². The molecule has 0 atom stereocenters. The molecular weight excluding hydrogens is 180 g/mol. The number of hydrogen-bond acceptors (Lipinski definition) is 3. The molecule has 14 heavy (non-hydrogen) atoms. The topological polar surface area (TPSA) is 54.4 Å². The molecular formula is C11H10O3. The molecule has 0 bridgehead atoms. The molecule has 0 aliphatic rings. The van der Waals surface area contributed by atoms with Crippen LogP contribution in [0.3, 0.4) is 0 Å². The molecule has 0 saturated carbocycles. The summed E-state index contributed by atoms with van der Waals surface area (Å²) in [5, 5.41) is 9.31. The van der Waals surface area contributed by atoms with E-state index in [1.54, 1.807) is 18.2 Å². The van der Waals surface area contributed by atoms with Gasteiger partial charge in [0.2, 0.25) is 0 Å². The highest BCUT2D eigenvalue weighted by Gasteiger charge is 1.98. The van der Waals surface area contributed by atoms with Crippen molar-refractivity contribution in [3.63, 3.8) is 0 Å². The van der Waals surface area contributed by atoms with Gasteiger partial charge in [-0.3, -0.25) is 4.79 Å². The molecule has 0 saturated heterocycles. The predicted molar refractivity (Wildman–Crippen MR) is 53.2 cm³/mol. The Morgan fingerprint density at radius 3 is 2.64 bits per heavy atom. The molecule has 0 radical (unpaired) electrons. The van der Waals surface area contributed by atoms with Gasteiger partial charge in [-0.25, -0.2) is 0 Å². The Labute approximate surface area is 81.7 Å². The first-order chi connectivity index (χ1) is 6.77. The van der Waals surface area contributed by atoms with E-state index in [0.717, 1.165) is 11.8 Å². The van der Waals surface area contributed by atoms with E-state index in [2.05, 4.69) is 0 Å². The maximum absolute atomic E-state index is 10.4. The highest BCUT2D eigenvalue weighted by Crippen LogP contribution is 2.17. The lowest BCUT2D eigenvalue weighted by Gasteiger charge is -1.98. The highest BCUT2D eigenvalue weighted by molar-refractivity contribution is 5.80. The van der Waals surface area contributed by atoms with E-state index >= 15 is 0 Å². The van der Waals surface area contributed by atoms with Gasteiger partial charge in [-0.2, -0.15) is 0 Å². The molecule has 72 valence electrons. The Morgan fingerprint density at radius 2 is 2.07 bits per heavy atom. The summed E-state index contributed by atoms with van der Waals surface area (Å²) in [5.41, 5.74) is 1.02. The van der Waals surface area contributed by atoms with E-state index in [1.807, 2.05) is 0 Å². The normalized spacial score (nSPS) is 10.3. The van der Waals surface area contributed by atoms with Crippen LogP contribution in [-0.2, 0) is 4.79 Å². The van der Waals surface area contributed by atoms with Crippen LogP contribution in [0.15, 0.2) is 24.3 Å². The summed E-state index contributed by atoms with van der Waals surface area (Å²) in [6.45, 7) is 0. The van der Waals surface area contributed by atoms with Gasteiger partial charge in [0.1, 0.15) is 12.0 Å². The fourth-order valence-electron chi connectivity index (χ4n) is 1.02. The fourth-order valence-corrected chi connectivity index (χ4v) is 1.02. The highest BCUT2D eigenvalue weighted by atomic mass is 16.3. The van der Waals surface area contributed by atoms with Crippen molar-refractivity contribution in [3.8, 4) is 5.75 Å². The van der Waals surface area contributed by atoms with Crippen molar-refractivity contribution in [2.75, 3.05) is 0 Å². The van der Waals surface area contributed by atoms with Crippen molar-refractivity contribution < 1.29 is 14.7 Å². The van der Waals surface area contributed by atoms with E-state index in [-0.39, 0.29) is 11.3 Å². The van der Waals surface area contributed by atoms with Crippen molar-refractivity contribution in [2.24, 2.45) is 0 Å². The van der Waals surface area contributed by atoms with Crippen LogP contribution in [0.4, 0.5) is 0 Å². The Bertz CT molecular complexity index is 367. The average Bonchev–Trinajstić information content (AvgIpc) is 2.18. The van der Waals surface area contributed by atoms with E-state index < -0.39 is 0 Å². The van der Waals surface area contributed by atoms with Crippen molar-refractivity contribution in [2.45, 2.75) is 6.42 Å². The molecule has 1 rings (SSSR count). The van der Waals surface area contributed by atoms with Gasteiger partial charge < -0.3 is 9.90 Å². The van der Waals surface area contributed by atoms with E-state index in [1.165, 1.54) is 12.1 Å². The van der Waals surface area contributed by atoms with Crippen molar-refractivity contribution in [1.29, 1.82) is 0 Å². The molecule has 0 aliphatic carbocycles. The Balaban J connectivity index is 2.85. The molecule has 1 aromatic carbocycles. The standard InChI is InChI=1S/C11H10O3/c12-6-2-1-3-9-4-5-10(8-13)11(14)7-9/h1,3-8,14H,2H2. The quantitative estimate of drug-likeness (QED) is 0.736. The fraction of sp³-hybridized carbons (Fsp3) is 0.0909. The first-order valence-corrected chi connectivity index (χ1v) is 4.16. The first-order valence-electron chi connectivity index (χ1n) is 4.16. The first kappa shape index (κ1) is 10.2. The summed E-state index contributed by atoms with van der Waals surface area (Å²) < 4.78 is 0.